The van der Waals surface area contributed by atoms with Crippen LogP contribution in [-0.2, 0) is 9.53 Å². The Morgan fingerprint density at radius 2 is 1.84 bits per heavy atom. The van der Waals surface area contributed by atoms with E-state index < -0.39 is 23.1 Å². The number of aliphatic hydroxyl groups is 1. The third-order valence-electron chi connectivity index (χ3n) is 6.25. The first-order valence-corrected chi connectivity index (χ1v) is 10.2. The molecule has 8 heteroatoms. The Hall–Kier alpha value is -2.84. The number of nitrogens with one attached hydrogen (secondary N) is 2. The molecule has 3 N–H and O–H groups in total. The summed E-state index contributed by atoms with van der Waals surface area (Å²) in [4.78, 5) is 15.5. The number of carbonyl (C=O) groups excluding carboxylic acids is 1. The zero-order chi connectivity index (χ0) is 21.8. The molecule has 5 rings (SSSR count). The summed E-state index contributed by atoms with van der Waals surface area (Å²) in [5, 5.41) is 13.2. The van der Waals surface area contributed by atoms with Crippen molar-refractivity contribution in [3.8, 4) is 11.3 Å². The van der Waals surface area contributed by atoms with Crippen molar-refractivity contribution in [3.63, 3.8) is 0 Å². The predicted octanol–water partition coefficient (Wildman–Crippen LogP) is 3.62. The lowest BCUT2D eigenvalue weighted by molar-refractivity contribution is -0.176. The number of rotatable bonds is 5. The number of H-pyrrole nitrogens is 1. The molecule has 0 atom stereocenters. The number of halogens is 3. The molecule has 0 radical (unpaired) electrons. The molecule has 2 aliphatic rings. The lowest BCUT2D eigenvalue weighted by atomic mass is 9.69. The van der Waals surface area contributed by atoms with E-state index >= 15 is 0 Å². The lowest BCUT2D eigenvalue weighted by Crippen LogP contribution is -2.57. The molecule has 1 saturated carbocycles. The van der Waals surface area contributed by atoms with Gasteiger partial charge in [0.15, 0.2) is 0 Å². The van der Waals surface area contributed by atoms with Gasteiger partial charge in [-0.15, -0.1) is 0 Å². The Morgan fingerprint density at radius 1 is 1.13 bits per heavy atom. The molecule has 1 saturated heterocycles. The van der Waals surface area contributed by atoms with E-state index in [1.165, 1.54) is 18.2 Å². The van der Waals surface area contributed by atoms with Gasteiger partial charge in [-0.05, 0) is 60.2 Å². The highest BCUT2D eigenvalue weighted by molar-refractivity contribution is 5.92. The van der Waals surface area contributed by atoms with Crippen molar-refractivity contribution in [2.75, 3.05) is 19.8 Å². The normalized spacial score (nSPS) is 22.1. The summed E-state index contributed by atoms with van der Waals surface area (Å²) in [7, 11) is 0. The minimum atomic E-state index is -1.000. The van der Waals surface area contributed by atoms with Gasteiger partial charge in [0, 0.05) is 17.4 Å². The van der Waals surface area contributed by atoms with Gasteiger partial charge in [0.2, 0.25) is 5.91 Å². The molecule has 162 valence electrons. The number of amides is 1. The van der Waals surface area contributed by atoms with Gasteiger partial charge in [-0.1, -0.05) is 0 Å². The zero-order valence-electron chi connectivity index (χ0n) is 16.6. The topological polar surface area (TPSA) is 74.3 Å². The van der Waals surface area contributed by atoms with E-state index in [9.17, 15) is 23.1 Å². The number of aromatic nitrogens is 1. The van der Waals surface area contributed by atoms with Crippen molar-refractivity contribution in [2.45, 2.75) is 24.4 Å². The third-order valence-corrected chi connectivity index (χ3v) is 6.25. The van der Waals surface area contributed by atoms with Crippen molar-refractivity contribution < 1.29 is 27.8 Å². The maximum absolute atomic E-state index is 14.4. The van der Waals surface area contributed by atoms with Gasteiger partial charge in [0.05, 0.1) is 31.0 Å². The van der Waals surface area contributed by atoms with Crippen LogP contribution in [0.3, 0.4) is 0 Å². The number of hydrogen-bond acceptors (Lipinski definition) is 3. The summed E-state index contributed by atoms with van der Waals surface area (Å²) in [5.74, 6) is -2.26. The second-order valence-corrected chi connectivity index (χ2v) is 8.53. The number of hydrogen-bond donors (Lipinski definition) is 3. The average Bonchev–Trinajstić information content (AvgIpc) is 3.04. The van der Waals surface area contributed by atoms with Crippen LogP contribution in [0.25, 0.3) is 22.2 Å². The van der Waals surface area contributed by atoms with Gasteiger partial charge in [-0.25, -0.2) is 13.2 Å². The SMILES string of the molecule is O=C(NCC1(O)COC1)C1CC(c2c(-c3ccc(F)cc3)[nH]c3c(F)cc(F)cc23)C1. The van der Waals surface area contributed by atoms with Gasteiger partial charge in [-0.3, -0.25) is 4.79 Å². The van der Waals surface area contributed by atoms with Crippen LogP contribution in [0.2, 0.25) is 0 Å². The Morgan fingerprint density at radius 3 is 2.48 bits per heavy atom. The monoisotopic (exact) mass is 430 g/mol. The van der Waals surface area contributed by atoms with Gasteiger partial charge < -0.3 is 20.1 Å². The highest BCUT2D eigenvalue weighted by Gasteiger charge is 2.41. The van der Waals surface area contributed by atoms with Crippen molar-refractivity contribution in [2.24, 2.45) is 5.92 Å². The summed E-state index contributed by atoms with van der Waals surface area (Å²) in [6.07, 6.45) is 1.03. The molecule has 1 aliphatic carbocycles. The Kier molecular flexibility index (Phi) is 4.79. The Labute approximate surface area is 176 Å². The maximum Gasteiger partial charge on any atom is 0.223 e. The second-order valence-electron chi connectivity index (χ2n) is 8.53. The summed E-state index contributed by atoms with van der Waals surface area (Å²) in [6, 6.07) is 7.91. The van der Waals surface area contributed by atoms with Crippen LogP contribution in [0.15, 0.2) is 36.4 Å². The quantitative estimate of drug-likeness (QED) is 0.579. The first-order chi connectivity index (χ1) is 14.8. The Bertz CT molecular complexity index is 1150. The molecule has 0 spiro atoms. The molecule has 2 heterocycles. The predicted molar refractivity (Wildman–Crippen MR) is 108 cm³/mol. The van der Waals surface area contributed by atoms with Crippen molar-refractivity contribution in [1.29, 1.82) is 0 Å². The number of ether oxygens (including phenoxy) is 1. The average molecular weight is 430 g/mol. The number of fused-ring (bicyclic) bond motifs is 1. The van der Waals surface area contributed by atoms with Gasteiger partial charge >= 0.3 is 0 Å². The van der Waals surface area contributed by atoms with Gasteiger partial charge in [0.25, 0.3) is 0 Å². The van der Waals surface area contributed by atoms with E-state index in [0.717, 1.165) is 11.6 Å². The van der Waals surface area contributed by atoms with Crippen LogP contribution in [0, 0.1) is 23.4 Å². The minimum absolute atomic E-state index is 0.0825. The minimum Gasteiger partial charge on any atom is -0.383 e. The fourth-order valence-corrected chi connectivity index (χ4v) is 4.41. The molecule has 2 aromatic carbocycles. The molecular weight excluding hydrogens is 409 g/mol. The molecule has 1 aliphatic heterocycles. The fraction of sp³-hybridized carbons (Fsp3) is 0.348. The van der Waals surface area contributed by atoms with E-state index in [1.807, 2.05) is 0 Å². The van der Waals surface area contributed by atoms with Crippen molar-refractivity contribution >= 4 is 16.8 Å². The van der Waals surface area contributed by atoms with Gasteiger partial charge in [0.1, 0.15) is 23.1 Å². The van der Waals surface area contributed by atoms with Crippen molar-refractivity contribution in [3.05, 3.63) is 59.4 Å². The molecule has 31 heavy (non-hydrogen) atoms. The van der Waals surface area contributed by atoms with E-state index in [0.29, 0.717) is 29.5 Å². The molecular formula is C23H21F3N2O3. The molecule has 3 aromatic rings. The van der Waals surface area contributed by atoms with E-state index in [1.54, 1.807) is 12.1 Å². The Balaban J connectivity index is 1.42. The largest absolute Gasteiger partial charge is 0.383 e. The summed E-state index contributed by atoms with van der Waals surface area (Å²) < 4.78 is 46.8. The van der Waals surface area contributed by atoms with Gasteiger partial charge in [-0.2, -0.15) is 0 Å². The lowest BCUT2D eigenvalue weighted by Gasteiger charge is -2.38. The fourth-order valence-electron chi connectivity index (χ4n) is 4.41. The second kappa shape index (κ2) is 7.39. The van der Waals surface area contributed by atoms with E-state index in [-0.39, 0.29) is 43.0 Å². The number of aromatic amines is 1. The highest BCUT2D eigenvalue weighted by Crippen LogP contribution is 2.48. The molecule has 0 bridgehead atoms. The first-order valence-electron chi connectivity index (χ1n) is 10.2. The molecule has 1 amide bonds. The molecule has 5 nitrogen and oxygen atoms in total. The zero-order valence-corrected chi connectivity index (χ0v) is 16.6. The van der Waals surface area contributed by atoms with Crippen LogP contribution in [0.4, 0.5) is 13.2 Å². The first kappa shape index (κ1) is 20.1. The highest BCUT2D eigenvalue weighted by atomic mass is 19.1. The number of benzene rings is 2. The smallest absolute Gasteiger partial charge is 0.223 e. The van der Waals surface area contributed by atoms with Crippen LogP contribution in [-0.4, -0.2) is 41.4 Å². The summed E-state index contributed by atoms with van der Waals surface area (Å²) in [5.41, 5.74) is 1.18. The third kappa shape index (κ3) is 3.59. The number of carbonyl (C=O) groups is 1. The standard InChI is InChI=1S/C23H21F3N2O3/c24-15-3-1-12(2-4-15)20-19(17-7-16(25)8-18(26)21(17)28-20)13-5-14(6-13)22(29)27-9-23(30)10-31-11-23/h1-4,7-8,13-14,28,30H,5-6,9-11H2,(H,27,29). The van der Waals surface area contributed by atoms with Crippen LogP contribution in [0.5, 0.6) is 0 Å². The molecule has 1 aromatic heterocycles. The molecule has 2 fully saturated rings. The van der Waals surface area contributed by atoms with Crippen LogP contribution in [0.1, 0.15) is 24.3 Å². The summed E-state index contributed by atoms with van der Waals surface area (Å²) >= 11 is 0. The molecule has 0 unspecified atom stereocenters. The van der Waals surface area contributed by atoms with E-state index in [2.05, 4.69) is 10.3 Å². The van der Waals surface area contributed by atoms with E-state index in [4.69, 9.17) is 4.74 Å². The van der Waals surface area contributed by atoms with Crippen LogP contribution < -0.4 is 5.32 Å². The van der Waals surface area contributed by atoms with Crippen molar-refractivity contribution in [1.82, 2.24) is 10.3 Å². The summed E-state index contributed by atoms with van der Waals surface area (Å²) in [6.45, 7) is 0.541. The van der Waals surface area contributed by atoms with Crippen LogP contribution >= 0.6 is 0 Å². The maximum atomic E-state index is 14.4.